The van der Waals surface area contributed by atoms with E-state index >= 15 is 0 Å². The van der Waals surface area contributed by atoms with Gasteiger partial charge in [0, 0.05) is 17.6 Å². The molecule has 0 aromatic heterocycles. The molecule has 2 amide bonds. The molecular formula is C31H38ClN3O4S. The van der Waals surface area contributed by atoms with Crippen molar-refractivity contribution in [1.82, 2.24) is 10.2 Å². The van der Waals surface area contributed by atoms with E-state index in [1.54, 1.807) is 18.2 Å². The number of aryl methyl sites for hydroxylation is 2. The quantitative estimate of drug-likeness (QED) is 0.289. The van der Waals surface area contributed by atoms with Crippen molar-refractivity contribution in [3.05, 3.63) is 94.5 Å². The molecule has 0 saturated heterocycles. The van der Waals surface area contributed by atoms with Gasteiger partial charge in [-0.3, -0.25) is 13.9 Å². The summed E-state index contributed by atoms with van der Waals surface area (Å²) in [7, 11) is -4.14. The molecule has 0 aliphatic rings. The Labute approximate surface area is 243 Å². The first-order valence-electron chi connectivity index (χ1n) is 13.5. The predicted molar refractivity (Wildman–Crippen MR) is 161 cm³/mol. The summed E-state index contributed by atoms with van der Waals surface area (Å²) in [6.07, 6.45) is 1.11. The molecule has 3 aromatic carbocycles. The summed E-state index contributed by atoms with van der Waals surface area (Å²) >= 11 is 6.01. The number of sulfonamides is 1. The maximum Gasteiger partial charge on any atom is 0.264 e. The monoisotopic (exact) mass is 583 g/mol. The van der Waals surface area contributed by atoms with Crippen LogP contribution in [0.3, 0.4) is 0 Å². The summed E-state index contributed by atoms with van der Waals surface area (Å²) in [5.74, 6) is -0.745. The van der Waals surface area contributed by atoms with Crippen molar-refractivity contribution in [3.8, 4) is 0 Å². The van der Waals surface area contributed by atoms with Gasteiger partial charge in [-0.25, -0.2) is 8.42 Å². The van der Waals surface area contributed by atoms with Crippen molar-refractivity contribution in [3.63, 3.8) is 0 Å². The smallest absolute Gasteiger partial charge is 0.264 e. The zero-order valence-corrected chi connectivity index (χ0v) is 25.3. The van der Waals surface area contributed by atoms with Crippen LogP contribution in [0.5, 0.6) is 0 Å². The number of benzene rings is 3. The van der Waals surface area contributed by atoms with Crippen LogP contribution >= 0.6 is 11.6 Å². The van der Waals surface area contributed by atoms with Crippen LogP contribution in [0.4, 0.5) is 5.69 Å². The van der Waals surface area contributed by atoms with Crippen LogP contribution in [0.2, 0.25) is 5.02 Å². The van der Waals surface area contributed by atoms with Crippen LogP contribution in [0.15, 0.2) is 77.7 Å². The molecule has 1 N–H and O–H groups in total. The first kappa shape index (κ1) is 31.2. The Morgan fingerprint density at radius 3 is 2.12 bits per heavy atom. The second kappa shape index (κ2) is 13.8. The second-order valence-electron chi connectivity index (χ2n) is 10.1. The van der Waals surface area contributed by atoms with Crippen molar-refractivity contribution in [1.29, 1.82) is 0 Å². The van der Waals surface area contributed by atoms with Gasteiger partial charge in [0.15, 0.2) is 0 Å². The molecule has 0 unspecified atom stereocenters. The highest BCUT2D eigenvalue weighted by Crippen LogP contribution is 2.26. The molecule has 40 heavy (non-hydrogen) atoms. The number of rotatable bonds is 12. The summed E-state index contributed by atoms with van der Waals surface area (Å²) < 4.78 is 28.9. The number of nitrogens with one attached hydrogen (secondary N) is 1. The van der Waals surface area contributed by atoms with E-state index in [0.717, 1.165) is 27.4 Å². The van der Waals surface area contributed by atoms with Gasteiger partial charge in [-0.15, -0.1) is 0 Å². The number of anilines is 1. The minimum atomic E-state index is -4.14. The van der Waals surface area contributed by atoms with E-state index in [1.807, 2.05) is 65.0 Å². The third-order valence-electron chi connectivity index (χ3n) is 6.83. The summed E-state index contributed by atoms with van der Waals surface area (Å²) in [4.78, 5) is 28.9. The van der Waals surface area contributed by atoms with E-state index in [9.17, 15) is 18.0 Å². The van der Waals surface area contributed by atoms with Gasteiger partial charge >= 0.3 is 0 Å². The van der Waals surface area contributed by atoms with E-state index in [2.05, 4.69) is 5.32 Å². The van der Waals surface area contributed by atoms with Crippen molar-refractivity contribution < 1.29 is 18.0 Å². The molecule has 3 aromatic rings. The summed E-state index contributed by atoms with van der Waals surface area (Å²) in [5.41, 5.74) is 3.12. The van der Waals surface area contributed by atoms with E-state index in [4.69, 9.17) is 11.6 Å². The maximum atomic E-state index is 14.1. The number of nitrogens with zero attached hydrogens (tertiary/aromatic N) is 2. The zero-order valence-electron chi connectivity index (χ0n) is 23.7. The van der Waals surface area contributed by atoms with Crippen LogP contribution in [0.1, 0.15) is 50.3 Å². The molecule has 2 atom stereocenters. The molecule has 0 heterocycles. The van der Waals surface area contributed by atoms with Gasteiger partial charge in [-0.05, 0) is 81.1 Å². The summed E-state index contributed by atoms with van der Waals surface area (Å²) in [6.45, 7) is 9.24. The third-order valence-corrected chi connectivity index (χ3v) is 8.87. The lowest BCUT2D eigenvalue weighted by molar-refractivity contribution is -0.140. The summed E-state index contributed by atoms with van der Waals surface area (Å²) in [5, 5.41) is 3.39. The molecule has 0 spiro atoms. The van der Waals surface area contributed by atoms with Gasteiger partial charge < -0.3 is 10.2 Å². The average Bonchev–Trinajstić information content (AvgIpc) is 2.92. The lowest BCUT2D eigenvalue weighted by atomic mass is 10.1. The molecular weight excluding hydrogens is 546 g/mol. The van der Waals surface area contributed by atoms with Gasteiger partial charge in [0.1, 0.15) is 12.6 Å². The minimum Gasteiger partial charge on any atom is -0.352 e. The van der Waals surface area contributed by atoms with Crippen molar-refractivity contribution in [2.45, 2.75) is 71.0 Å². The minimum absolute atomic E-state index is 0.0119. The molecule has 0 aliphatic carbocycles. The normalized spacial score (nSPS) is 12.8. The molecule has 0 bridgehead atoms. The Morgan fingerprint density at radius 2 is 1.55 bits per heavy atom. The summed E-state index contributed by atoms with van der Waals surface area (Å²) in [6, 6.07) is 19.7. The molecule has 0 fully saturated rings. The highest BCUT2D eigenvalue weighted by Gasteiger charge is 2.34. The van der Waals surface area contributed by atoms with Crippen LogP contribution in [-0.4, -0.2) is 43.8 Å². The van der Waals surface area contributed by atoms with Gasteiger partial charge in [0.2, 0.25) is 11.8 Å². The Morgan fingerprint density at radius 1 is 0.900 bits per heavy atom. The SMILES string of the molecule is CC[C@H](C(=O)N[C@@H](C)CC)N(Cc1ccc(C)cc1)C(=O)CN(c1cccc(C)c1)S(=O)(=O)c1ccc(Cl)cc1. The number of amides is 2. The Balaban J connectivity index is 2.05. The Bertz CT molecular complexity index is 1410. The molecule has 0 aliphatic heterocycles. The fraction of sp³-hybridized carbons (Fsp3) is 0.355. The number of carbonyl (C=O) groups excluding carboxylic acids is 2. The fourth-order valence-corrected chi connectivity index (χ4v) is 5.83. The molecule has 0 saturated carbocycles. The maximum absolute atomic E-state index is 14.1. The van der Waals surface area contributed by atoms with E-state index < -0.39 is 28.5 Å². The van der Waals surface area contributed by atoms with Gasteiger partial charge in [0.25, 0.3) is 10.0 Å². The van der Waals surface area contributed by atoms with E-state index in [1.165, 1.54) is 29.2 Å². The number of hydrogen-bond donors (Lipinski definition) is 1. The highest BCUT2D eigenvalue weighted by atomic mass is 35.5. The van der Waals surface area contributed by atoms with Gasteiger partial charge in [-0.2, -0.15) is 0 Å². The standard InChI is InChI=1S/C31H38ClN3O4S/c1-6-24(5)33-31(37)29(7-2)34(20-25-13-11-22(3)12-14-25)30(36)21-35(27-10-8-9-23(4)19-27)40(38,39)28-17-15-26(32)16-18-28/h8-19,24,29H,6-7,20-21H2,1-5H3,(H,33,37)/t24-,29+/m0/s1. The first-order valence-corrected chi connectivity index (χ1v) is 15.3. The fourth-order valence-electron chi connectivity index (χ4n) is 4.30. The third kappa shape index (κ3) is 7.86. The lowest BCUT2D eigenvalue weighted by Gasteiger charge is -2.33. The topological polar surface area (TPSA) is 86.8 Å². The molecule has 214 valence electrons. The molecule has 3 rings (SSSR count). The van der Waals surface area contributed by atoms with Gasteiger partial charge in [-0.1, -0.05) is 67.4 Å². The van der Waals surface area contributed by atoms with Crippen molar-refractivity contribution in [2.75, 3.05) is 10.8 Å². The molecule has 9 heteroatoms. The Kier molecular flexibility index (Phi) is 10.8. The van der Waals surface area contributed by atoms with Crippen LogP contribution in [0.25, 0.3) is 0 Å². The van der Waals surface area contributed by atoms with Crippen LogP contribution in [0, 0.1) is 13.8 Å². The largest absolute Gasteiger partial charge is 0.352 e. The van der Waals surface area contributed by atoms with Crippen LogP contribution in [-0.2, 0) is 26.2 Å². The van der Waals surface area contributed by atoms with Crippen molar-refractivity contribution in [2.24, 2.45) is 0 Å². The Hall–Kier alpha value is -3.36. The number of halogens is 1. The van der Waals surface area contributed by atoms with Gasteiger partial charge in [0.05, 0.1) is 10.6 Å². The van der Waals surface area contributed by atoms with E-state index in [0.29, 0.717) is 17.1 Å². The first-order chi connectivity index (χ1) is 19.0. The zero-order chi connectivity index (χ0) is 29.4. The average molecular weight is 584 g/mol. The lowest BCUT2D eigenvalue weighted by Crippen LogP contribution is -2.53. The molecule has 7 nitrogen and oxygen atoms in total. The van der Waals surface area contributed by atoms with E-state index in [-0.39, 0.29) is 23.4 Å². The van der Waals surface area contributed by atoms with Crippen molar-refractivity contribution >= 4 is 39.1 Å². The van der Waals surface area contributed by atoms with Crippen LogP contribution < -0.4 is 9.62 Å². The molecule has 0 radical (unpaired) electrons. The number of hydrogen-bond acceptors (Lipinski definition) is 4. The second-order valence-corrected chi connectivity index (χ2v) is 12.4. The number of carbonyl (C=O) groups is 2. The highest BCUT2D eigenvalue weighted by molar-refractivity contribution is 7.92. The predicted octanol–water partition coefficient (Wildman–Crippen LogP) is 5.87.